The predicted molar refractivity (Wildman–Crippen MR) is 94.3 cm³/mol. The van der Waals surface area contributed by atoms with Gasteiger partial charge in [0, 0.05) is 48.9 Å². The van der Waals surface area contributed by atoms with Crippen molar-refractivity contribution in [1.29, 1.82) is 0 Å². The molecule has 1 aromatic heterocycles. The highest BCUT2D eigenvalue weighted by Gasteiger charge is 2.28. The van der Waals surface area contributed by atoms with E-state index >= 15 is 0 Å². The van der Waals surface area contributed by atoms with Crippen molar-refractivity contribution in [3.05, 3.63) is 52.3 Å². The smallest absolute Gasteiger partial charge is 0.272 e. The molecule has 9 heteroatoms. The maximum absolute atomic E-state index is 13.4. The van der Waals surface area contributed by atoms with Gasteiger partial charge in [0.25, 0.3) is 11.8 Å². The summed E-state index contributed by atoms with van der Waals surface area (Å²) in [5.74, 6) is -2.42. The van der Waals surface area contributed by atoms with Gasteiger partial charge in [-0.25, -0.2) is 8.78 Å². The summed E-state index contributed by atoms with van der Waals surface area (Å²) in [4.78, 5) is 28.4. The summed E-state index contributed by atoms with van der Waals surface area (Å²) in [6.07, 6.45) is 0.483. The number of likely N-dealkylation sites (N-methyl/N-ethyl adjacent to an activating group) is 1. The van der Waals surface area contributed by atoms with Crippen molar-refractivity contribution in [2.45, 2.75) is 13.0 Å². The van der Waals surface area contributed by atoms with Gasteiger partial charge in [0.05, 0.1) is 6.54 Å². The Bertz CT molecular complexity index is 845. The molecule has 2 N–H and O–H groups in total. The molecular weight excluding hydrogens is 356 g/mol. The zero-order chi connectivity index (χ0) is 19.6. The molecule has 2 aromatic rings. The second-order valence-corrected chi connectivity index (χ2v) is 6.72. The first kappa shape index (κ1) is 19.0. The second kappa shape index (κ2) is 7.83. The van der Waals surface area contributed by atoms with Crippen LogP contribution in [0.1, 0.15) is 32.1 Å². The fourth-order valence-electron chi connectivity index (χ4n) is 2.99. The Morgan fingerprint density at radius 1 is 1.26 bits per heavy atom. The topological polar surface area (TPSA) is 81.3 Å². The number of nitrogens with one attached hydrogen (secondary N) is 2. The molecule has 1 aromatic carbocycles. The molecule has 0 unspecified atom stereocenters. The van der Waals surface area contributed by atoms with E-state index in [1.807, 2.05) is 19.0 Å². The molecule has 2 amide bonds. The van der Waals surface area contributed by atoms with Crippen LogP contribution in [-0.2, 0) is 13.0 Å². The molecule has 7 nitrogen and oxygen atoms in total. The maximum atomic E-state index is 13.4. The van der Waals surface area contributed by atoms with Gasteiger partial charge in [-0.1, -0.05) is 0 Å². The highest BCUT2D eigenvalue weighted by atomic mass is 19.1. The monoisotopic (exact) mass is 377 g/mol. The molecule has 1 aliphatic rings. The number of H-pyrrole nitrogens is 1. The van der Waals surface area contributed by atoms with Gasteiger partial charge in [0.15, 0.2) is 5.69 Å². The van der Waals surface area contributed by atoms with E-state index in [0.717, 1.165) is 23.9 Å². The first-order valence-electron chi connectivity index (χ1n) is 8.59. The summed E-state index contributed by atoms with van der Waals surface area (Å²) < 4.78 is 26.8. The number of benzene rings is 1. The minimum atomic E-state index is -0.805. The second-order valence-electron chi connectivity index (χ2n) is 6.72. The van der Waals surface area contributed by atoms with Crippen molar-refractivity contribution in [2.24, 2.45) is 0 Å². The van der Waals surface area contributed by atoms with Crippen LogP contribution >= 0.6 is 0 Å². The van der Waals surface area contributed by atoms with Crippen molar-refractivity contribution < 1.29 is 18.4 Å². The van der Waals surface area contributed by atoms with Gasteiger partial charge in [0.2, 0.25) is 0 Å². The Hall–Kier alpha value is -2.81. The molecule has 144 valence electrons. The van der Waals surface area contributed by atoms with Crippen molar-refractivity contribution >= 4 is 11.8 Å². The van der Waals surface area contributed by atoms with Gasteiger partial charge in [-0.2, -0.15) is 5.10 Å². The van der Waals surface area contributed by atoms with Gasteiger partial charge >= 0.3 is 0 Å². The van der Waals surface area contributed by atoms with Crippen LogP contribution in [0.3, 0.4) is 0 Å². The average molecular weight is 377 g/mol. The number of halogens is 2. The van der Waals surface area contributed by atoms with E-state index in [4.69, 9.17) is 0 Å². The number of fused-ring (bicyclic) bond motifs is 1. The highest BCUT2D eigenvalue weighted by molar-refractivity contribution is 5.96. The van der Waals surface area contributed by atoms with Gasteiger partial charge in [-0.3, -0.25) is 14.7 Å². The molecule has 0 spiro atoms. The largest absolute Gasteiger partial charge is 0.349 e. The number of aromatic amines is 1. The zero-order valence-corrected chi connectivity index (χ0v) is 15.2. The maximum Gasteiger partial charge on any atom is 0.272 e. The van der Waals surface area contributed by atoms with Gasteiger partial charge in [-0.15, -0.1) is 0 Å². The lowest BCUT2D eigenvalue weighted by atomic mass is 10.0. The summed E-state index contributed by atoms with van der Waals surface area (Å²) in [7, 11) is 3.81. The molecule has 0 radical (unpaired) electrons. The molecule has 0 bridgehead atoms. The minimum Gasteiger partial charge on any atom is -0.349 e. The molecule has 2 heterocycles. The van der Waals surface area contributed by atoms with Crippen LogP contribution in [0.5, 0.6) is 0 Å². The Kier molecular flexibility index (Phi) is 5.50. The lowest BCUT2D eigenvalue weighted by molar-refractivity contribution is 0.0730. The van der Waals surface area contributed by atoms with Crippen LogP contribution in [0.4, 0.5) is 8.78 Å². The normalized spacial score (nSPS) is 13.6. The highest BCUT2D eigenvalue weighted by Crippen LogP contribution is 2.22. The average Bonchev–Trinajstić information content (AvgIpc) is 3.03. The van der Waals surface area contributed by atoms with Crippen LogP contribution in [0.2, 0.25) is 0 Å². The quantitative estimate of drug-likeness (QED) is 0.820. The third kappa shape index (κ3) is 4.30. The Morgan fingerprint density at radius 2 is 1.96 bits per heavy atom. The fourth-order valence-corrected chi connectivity index (χ4v) is 2.99. The Balaban J connectivity index is 1.74. The number of aromatic nitrogens is 2. The summed E-state index contributed by atoms with van der Waals surface area (Å²) in [5.41, 5.74) is 1.61. The number of hydrogen-bond acceptors (Lipinski definition) is 4. The van der Waals surface area contributed by atoms with E-state index in [2.05, 4.69) is 15.5 Å². The third-order valence-electron chi connectivity index (χ3n) is 4.39. The van der Waals surface area contributed by atoms with Gasteiger partial charge in [-0.05, 0) is 26.2 Å². The van der Waals surface area contributed by atoms with Gasteiger partial charge < -0.3 is 15.1 Å². The first-order valence-corrected chi connectivity index (χ1v) is 8.59. The van der Waals surface area contributed by atoms with E-state index in [0.29, 0.717) is 31.6 Å². The number of rotatable bonds is 5. The molecule has 0 fully saturated rings. The standard InChI is InChI=1S/C18H21F2N5O2/c1-24(2)6-4-21-17(26)16-14-10-25(5-3-15(14)22-23-16)18(27)11-7-12(19)9-13(20)8-11/h7-9H,3-6,10H2,1-2H3,(H,21,26)(H,22,23). The van der Waals surface area contributed by atoms with Crippen LogP contribution < -0.4 is 5.32 Å². The lowest BCUT2D eigenvalue weighted by Crippen LogP contribution is -2.37. The number of amides is 2. The molecule has 3 rings (SSSR count). The number of hydrogen-bond donors (Lipinski definition) is 2. The van der Waals surface area contributed by atoms with E-state index in [1.54, 1.807) is 0 Å². The molecule has 0 aliphatic carbocycles. The first-order chi connectivity index (χ1) is 12.8. The van der Waals surface area contributed by atoms with E-state index in [-0.39, 0.29) is 23.7 Å². The summed E-state index contributed by atoms with van der Waals surface area (Å²) in [6, 6.07) is 2.73. The van der Waals surface area contributed by atoms with E-state index < -0.39 is 17.5 Å². The van der Waals surface area contributed by atoms with Crippen molar-refractivity contribution in [1.82, 2.24) is 25.3 Å². The van der Waals surface area contributed by atoms with Crippen molar-refractivity contribution in [3.8, 4) is 0 Å². The van der Waals surface area contributed by atoms with Crippen LogP contribution in [0.15, 0.2) is 18.2 Å². The van der Waals surface area contributed by atoms with Crippen LogP contribution in [-0.4, -0.2) is 65.5 Å². The number of carbonyl (C=O) groups is 2. The molecule has 0 saturated heterocycles. The minimum absolute atomic E-state index is 0.0589. The number of carbonyl (C=O) groups excluding carboxylic acids is 2. The molecule has 0 atom stereocenters. The lowest BCUT2D eigenvalue weighted by Gasteiger charge is -2.27. The zero-order valence-electron chi connectivity index (χ0n) is 15.2. The SMILES string of the molecule is CN(C)CCNC(=O)c1n[nH]c2c1CN(C(=O)c1cc(F)cc(F)c1)CC2. The molecule has 0 saturated carbocycles. The molecular formula is C18H21F2N5O2. The summed E-state index contributed by atoms with van der Waals surface area (Å²) in [5, 5.41) is 9.72. The Labute approximate surface area is 155 Å². The van der Waals surface area contributed by atoms with Gasteiger partial charge in [0.1, 0.15) is 11.6 Å². The number of nitrogens with zero attached hydrogens (tertiary/aromatic N) is 3. The fraction of sp³-hybridized carbons (Fsp3) is 0.389. The van der Waals surface area contributed by atoms with Crippen molar-refractivity contribution in [2.75, 3.05) is 33.7 Å². The third-order valence-corrected chi connectivity index (χ3v) is 4.39. The summed E-state index contributed by atoms with van der Waals surface area (Å²) >= 11 is 0. The van der Waals surface area contributed by atoms with E-state index in [1.165, 1.54) is 4.90 Å². The van der Waals surface area contributed by atoms with Crippen molar-refractivity contribution in [3.63, 3.8) is 0 Å². The van der Waals surface area contributed by atoms with Crippen LogP contribution in [0.25, 0.3) is 0 Å². The predicted octanol–water partition coefficient (Wildman–Crippen LogP) is 1.18. The Morgan fingerprint density at radius 3 is 2.63 bits per heavy atom. The molecule has 27 heavy (non-hydrogen) atoms. The van der Waals surface area contributed by atoms with Crippen LogP contribution in [0, 0.1) is 11.6 Å². The molecule has 1 aliphatic heterocycles. The summed E-state index contributed by atoms with van der Waals surface area (Å²) in [6.45, 7) is 1.68. The van der Waals surface area contributed by atoms with E-state index in [9.17, 15) is 18.4 Å².